The molecule has 2 aliphatic rings. The number of nitrogens with zero attached hydrogens (tertiary/aromatic N) is 2. The Morgan fingerprint density at radius 1 is 1.09 bits per heavy atom. The molecule has 7 nitrogen and oxygen atoms in total. The van der Waals surface area contributed by atoms with Crippen molar-refractivity contribution in [2.45, 2.75) is 25.8 Å². The molecule has 1 aromatic heterocycles. The normalized spacial score (nSPS) is 16.3. The first-order chi connectivity index (χ1) is 15.6. The number of hydrogen-bond acceptors (Lipinski definition) is 6. The van der Waals surface area contributed by atoms with Gasteiger partial charge in [-0.25, -0.2) is 0 Å². The third-order valence-electron chi connectivity index (χ3n) is 5.89. The summed E-state index contributed by atoms with van der Waals surface area (Å²) in [5.41, 5.74) is 9.11. The molecular weight excluding hydrogens is 406 g/mol. The van der Waals surface area contributed by atoms with E-state index in [1.165, 1.54) is 0 Å². The number of aryl methyl sites for hydroxylation is 2. The number of hydrogen-bond donors (Lipinski definition) is 1. The minimum atomic E-state index is -0.658. The second-order valence-corrected chi connectivity index (χ2v) is 7.79. The van der Waals surface area contributed by atoms with Crippen molar-refractivity contribution >= 4 is 0 Å². The number of nitrogens with two attached hydrogens (primary N) is 1. The van der Waals surface area contributed by atoms with Crippen LogP contribution in [0.15, 0.2) is 70.8 Å². The monoisotopic (exact) mass is 427 g/mol. The van der Waals surface area contributed by atoms with Crippen LogP contribution in [0.1, 0.15) is 28.3 Å². The molecule has 0 bridgehead atoms. The lowest BCUT2D eigenvalue weighted by Crippen LogP contribution is -2.33. The number of benzene rings is 2. The zero-order chi connectivity index (χ0) is 22.2. The summed E-state index contributed by atoms with van der Waals surface area (Å²) in [4.78, 5) is 13.7. The smallest absolute Gasteiger partial charge is 0.258 e. The van der Waals surface area contributed by atoms with E-state index in [-0.39, 0.29) is 23.8 Å². The summed E-state index contributed by atoms with van der Waals surface area (Å²) < 4.78 is 18.4. The van der Waals surface area contributed by atoms with Crippen molar-refractivity contribution in [2.24, 2.45) is 5.73 Å². The maximum Gasteiger partial charge on any atom is 0.258 e. The van der Waals surface area contributed by atoms with Gasteiger partial charge in [0, 0.05) is 18.3 Å². The minimum absolute atomic E-state index is 0.00324. The fourth-order valence-electron chi connectivity index (χ4n) is 4.28. The lowest BCUT2D eigenvalue weighted by molar-refractivity contribution is 0.174. The van der Waals surface area contributed by atoms with Crippen LogP contribution in [0, 0.1) is 18.3 Å². The standard InChI is InChI=1S/C25H21N3O4/c1-15-11-21-23(25(29)28(15)10-9-16-5-3-2-4-6-16)22(18(13-26)24(27)32-21)17-7-8-19-20(12-17)31-14-30-19/h2-8,11-12,22H,9-10,14,27H2,1H3. The highest BCUT2D eigenvalue weighted by molar-refractivity contribution is 5.57. The van der Waals surface area contributed by atoms with Crippen molar-refractivity contribution in [1.29, 1.82) is 5.26 Å². The summed E-state index contributed by atoms with van der Waals surface area (Å²) in [5.74, 6) is 0.920. The zero-order valence-electron chi connectivity index (χ0n) is 17.5. The van der Waals surface area contributed by atoms with Crippen LogP contribution in [0.5, 0.6) is 17.2 Å². The van der Waals surface area contributed by atoms with Gasteiger partial charge in [0.05, 0.1) is 11.5 Å². The first-order valence-electron chi connectivity index (χ1n) is 10.3. The highest BCUT2D eigenvalue weighted by atomic mass is 16.7. The van der Waals surface area contributed by atoms with Crippen LogP contribution in [0.25, 0.3) is 0 Å². The first-order valence-corrected chi connectivity index (χ1v) is 10.3. The zero-order valence-corrected chi connectivity index (χ0v) is 17.5. The average Bonchev–Trinajstić information content (AvgIpc) is 3.26. The van der Waals surface area contributed by atoms with E-state index in [4.69, 9.17) is 19.9 Å². The summed E-state index contributed by atoms with van der Waals surface area (Å²) in [6.07, 6.45) is 0.707. The van der Waals surface area contributed by atoms with Gasteiger partial charge < -0.3 is 24.5 Å². The third kappa shape index (κ3) is 3.26. The molecule has 2 N–H and O–H groups in total. The van der Waals surface area contributed by atoms with E-state index in [1.54, 1.807) is 16.7 Å². The first kappa shape index (κ1) is 19.8. The van der Waals surface area contributed by atoms with Crippen LogP contribution in [0.3, 0.4) is 0 Å². The molecule has 160 valence electrons. The lowest BCUT2D eigenvalue weighted by Gasteiger charge is -2.27. The molecule has 0 aliphatic carbocycles. The third-order valence-corrected chi connectivity index (χ3v) is 5.89. The van der Waals surface area contributed by atoms with Crippen LogP contribution in [-0.2, 0) is 13.0 Å². The molecule has 0 amide bonds. The van der Waals surface area contributed by atoms with Crippen molar-refractivity contribution in [1.82, 2.24) is 4.57 Å². The van der Waals surface area contributed by atoms with Gasteiger partial charge in [0.1, 0.15) is 17.4 Å². The molecule has 1 atom stereocenters. The van der Waals surface area contributed by atoms with Crippen LogP contribution in [0.2, 0.25) is 0 Å². The van der Waals surface area contributed by atoms with Crippen molar-refractivity contribution in [3.05, 3.63) is 98.8 Å². The molecule has 1 unspecified atom stereocenters. The molecule has 0 saturated carbocycles. The summed E-state index contributed by atoms with van der Waals surface area (Å²) in [7, 11) is 0. The Morgan fingerprint density at radius 3 is 2.66 bits per heavy atom. The Labute approximate surface area is 184 Å². The fraction of sp³-hybridized carbons (Fsp3) is 0.200. The van der Waals surface area contributed by atoms with Gasteiger partial charge in [0.25, 0.3) is 5.56 Å². The van der Waals surface area contributed by atoms with Gasteiger partial charge in [-0.3, -0.25) is 4.79 Å². The number of allylic oxidation sites excluding steroid dienone is 1. The number of aromatic nitrogens is 1. The number of pyridine rings is 1. The van der Waals surface area contributed by atoms with Crippen molar-refractivity contribution in [3.63, 3.8) is 0 Å². The Morgan fingerprint density at radius 2 is 1.88 bits per heavy atom. The van der Waals surface area contributed by atoms with Crippen LogP contribution >= 0.6 is 0 Å². The average molecular weight is 427 g/mol. The molecule has 5 rings (SSSR count). The van der Waals surface area contributed by atoms with E-state index in [2.05, 4.69) is 6.07 Å². The molecular formula is C25H21N3O4. The summed E-state index contributed by atoms with van der Waals surface area (Å²) in [6.45, 7) is 2.51. The van der Waals surface area contributed by atoms with Crippen molar-refractivity contribution in [3.8, 4) is 23.3 Å². The van der Waals surface area contributed by atoms with Gasteiger partial charge in [0.2, 0.25) is 12.7 Å². The maximum atomic E-state index is 13.7. The van der Waals surface area contributed by atoms with Gasteiger partial charge in [-0.15, -0.1) is 0 Å². The Hall–Kier alpha value is -4.18. The van der Waals surface area contributed by atoms with Gasteiger partial charge in [-0.1, -0.05) is 36.4 Å². The predicted octanol–water partition coefficient (Wildman–Crippen LogP) is 3.35. The van der Waals surface area contributed by atoms with Gasteiger partial charge in [-0.2, -0.15) is 5.26 Å². The number of rotatable bonds is 4. The molecule has 2 aromatic carbocycles. The molecule has 0 saturated heterocycles. The van der Waals surface area contributed by atoms with E-state index < -0.39 is 5.92 Å². The van der Waals surface area contributed by atoms with E-state index in [0.717, 1.165) is 11.3 Å². The topological polar surface area (TPSA) is 99.5 Å². The molecule has 3 aromatic rings. The second-order valence-electron chi connectivity index (χ2n) is 7.79. The largest absolute Gasteiger partial charge is 0.454 e. The minimum Gasteiger partial charge on any atom is -0.454 e. The Balaban J connectivity index is 1.62. The van der Waals surface area contributed by atoms with Gasteiger partial charge >= 0.3 is 0 Å². The Bertz CT molecular complexity index is 1340. The molecule has 2 aliphatic heterocycles. The maximum absolute atomic E-state index is 13.7. The molecule has 0 spiro atoms. The summed E-state index contributed by atoms with van der Waals surface area (Å²) in [6, 6.07) is 19.3. The lowest BCUT2D eigenvalue weighted by atomic mass is 9.84. The second kappa shape index (κ2) is 7.82. The molecule has 0 fully saturated rings. The van der Waals surface area contributed by atoms with E-state index >= 15 is 0 Å². The van der Waals surface area contributed by atoms with Crippen LogP contribution in [-0.4, -0.2) is 11.4 Å². The molecule has 0 radical (unpaired) electrons. The number of ether oxygens (including phenoxy) is 3. The van der Waals surface area contributed by atoms with Crippen molar-refractivity contribution < 1.29 is 14.2 Å². The van der Waals surface area contributed by atoms with Crippen molar-refractivity contribution in [2.75, 3.05) is 6.79 Å². The number of fused-ring (bicyclic) bond motifs is 2. The van der Waals surface area contributed by atoms with E-state index in [1.807, 2.05) is 49.4 Å². The van der Waals surface area contributed by atoms with E-state index in [0.29, 0.717) is 41.3 Å². The highest BCUT2D eigenvalue weighted by Gasteiger charge is 2.35. The molecule has 32 heavy (non-hydrogen) atoms. The number of nitriles is 1. The highest BCUT2D eigenvalue weighted by Crippen LogP contribution is 2.43. The van der Waals surface area contributed by atoms with Gasteiger partial charge in [0.15, 0.2) is 11.5 Å². The summed E-state index contributed by atoms with van der Waals surface area (Å²) in [5, 5.41) is 9.85. The van der Waals surface area contributed by atoms with Crippen LogP contribution < -0.4 is 25.5 Å². The SMILES string of the molecule is Cc1cc2c(c(=O)n1CCc1ccccc1)C(c1ccc3c(c1)OCO3)C(C#N)=C(N)O2. The van der Waals surface area contributed by atoms with Crippen LogP contribution in [0.4, 0.5) is 0 Å². The fourth-order valence-corrected chi connectivity index (χ4v) is 4.28. The van der Waals surface area contributed by atoms with E-state index in [9.17, 15) is 10.1 Å². The predicted molar refractivity (Wildman–Crippen MR) is 117 cm³/mol. The summed E-state index contributed by atoms with van der Waals surface area (Å²) >= 11 is 0. The molecule has 3 heterocycles. The molecule has 7 heteroatoms. The van der Waals surface area contributed by atoms with Gasteiger partial charge in [-0.05, 0) is 36.6 Å². The quantitative estimate of drug-likeness (QED) is 0.686. The Kier molecular flexibility index (Phi) is 4.83.